The Balaban J connectivity index is 0.00000196. The van der Waals surface area contributed by atoms with Crippen LogP contribution in [0.15, 0.2) is 53.5 Å². The number of nitrogens with one attached hydrogen (secondary N) is 1. The van der Waals surface area contributed by atoms with Crippen molar-refractivity contribution in [3.8, 4) is 5.75 Å². The van der Waals surface area contributed by atoms with E-state index < -0.39 is 0 Å². The number of hydrogen-bond acceptors (Lipinski definition) is 2. The summed E-state index contributed by atoms with van der Waals surface area (Å²) in [5.74, 6) is 1.15. The molecule has 0 radical (unpaired) electrons. The van der Waals surface area contributed by atoms with Crippen molar-refractivity contribution in [3.63, 3.8) is 0 Å². The van der Waals surface area contributed by atoms with Gasteiger partial charge in [-0.3, -0.25) is 4.99 Å². The van der Waals surface area contributed by atoms with E-state index in [4.69, 9.17) is 10.5 Å². The number of para-hydroxylation sites is 1. The van der Waals surface area contributed by atoms with Crippen molar-refractivity contribution in [2.24, 2.45) is 10.7 Å². The third kappa shape index (κ3) is 3.95. The van der Waals surface area contributed by atoms with E-state index in [0.29, 0.717) is 19.1 Å². The minimum Gasteiger partial charge on any atom is -0.493 e. The zero-order chi connectivity index (χ0) is 17.3. The molecular formula is C20H23FIN3O. The highest BCUT2D eigenvalue weighted by molar-refractivity contribution is 14.0. The highest BCUT2D eigenvalue weighted by Crippen LogP contribution is 2.48. The summed E-state index contributed by atoms with van der Waals surface area (Å²) in [4.78, 5) is 4.57. The molecule has 0 aromatic heterocycles. The average Bonchev–Trinajstić information content (AvgIpc) is 3.42. The van der Waals surface area contributed by atoms with Crippen molar-refractivity contribution in [3.05, 3.63) is 65.5 Å². The summed E-state index contributed by atoms with van der Waals surface area (Å²) in [6.07, 6.45) is 2.99. The number of ether oxygens (including phenoxy) is 1. The molecule has 1 atom stereocenters. The van der Waals surface area contributed by atoms with Gasteiger partial charge in [0, 0.05) is 17.4 Å². The van der Waals surface area contributed by atoms with E-state index >= 15 is 0 Å². The number of nitrogens with zero attached hydrogens (tertiary/aromatic N) is 1. The number of halogens is 2. The summed E-state index contributed by atoms with van der Waals surface area (Å²) in [6, 6.07) is 14.9. The van der Waals surface area contributed by atoms with Crippen LogP contribution in [-0.4, -0.2) is 19.1 Å². The maximum atomic E-state index is 13.1. The Morgan fingerprint density at radius 1 is 1.19 bits per heavy atom. The van der Waals surface area contributed by atoms with Gasteiger partial charge in [-0.2, -0.15) is 0 Å². The smallest absolute Gasteiger partial charge is 0.189 e. The summed E-state index contributed by atoms with van der Waals surface area (Å²) >= 11 is 0. The van der Waals surface area contributed by atoms with Crippen LogP contribution in [0.5, 0.6) is 5.75 Å². The van der Waals surface area contributed by atoms with E-state index in [1.807, 2.05) is 30.3 Å². The fraction of sp³-hybridized carbons (Fsp3) is 0.350. The summed E-state index contributed by atoms with van der Waals surface area (Å²) < 4.78 is 18.8. The number of benzene rings is 2. The third-order valence-corrected chi connectivity index (χ3v) is 5.14. The highest BCUT2D eigenvalue weighted by Gasteiger charge is 2.44. The van der Waals surface area contributed by atoms with Gasteiger partial charge in [0.1, 0.15) is 11.6 Å². The molecule has 2 aliphatic rings. The molecular weight excluding hydrogens is 444 g/mol. The summed E-state index contributed by atoms with van der Waals surface area (Å²) in [5.41, 5.74) is 8.42. The molecule has 26 heavy (non-hydrogen) atoms. The van der Waals surface area contributed by atoms with Gasteiger partial charge in [0.15, 0.2) is 5.96 Å². The molecule has 0 amide bonds. The van der Waals surface area contributed by atoms with Crippen LogP contribution < -0.4 is 15.8 Å². The van der Waals surface area contributed by atoms with Crippen LogP contribution in [0.4, 0.5) is 4.39 Å². The second-order valence-electron chi connectivity index (χ2n) is 6.86. The van der Waals surface area contributed by atoms with Crippen LogP contribution in [-0.2, 0) is 5.41 Å². The van der Waals surface area contributed by atoms with E-state index in [9.17, 15) is 4.39 Å². The zero-order valence-corrected chi connectivity index (χ0v) is 16.8. The van der Waals surface area contributed by atoms with Gasteiger partial charge in [-0.05, 0) is 36.6 Å². The van der Waals surface area contributed by atoms with Crippen molar-refractivity contribution in [1.29, 1.82) is 0 Å². The first kappa shape index (κ1) is 18.9. The normalized spacial score (nSPS) is 20.3. The van der Waals surface area contributed by atoms with Crippen molar-refractivity contribution >= 4 is 29.9 Å². The minimum atomic E-state index is -0.206. The standard InChI is InChI=1S/C20H22FN3O.HI/c21-15-7-5-14(6-8-15)20(10-11-20)13-23-19(22)24-17-9-12-25-18-4-2-1-3-16(17)18;/h1-8,17H,9-13H2,(H3,22,23,24);1H. The Morgan fingerprint density at radius 2 is 1.92 bits per heavy atom. The Kier molecular flexibility index (Phi) is 5.70. The first-order valence-corrected chi connectivity index (χ1v) is 8.71. The summed E-state index contributed by atoms with van der Waals surface area (Å²) in [5, 5.41) is 3.32. The zero-order valence-electron chi connectivity index (χ0n) is 14.5. The number of fused-ring (bicyclic) bond motifs is 1. The lowest BCUT2D eigenvalue weighted by Crippen LogP contribution is -2.37. The van der Waals surface area contributed by atoms with E-state index in [2.05, 4.69) is 16.4 Å². The summed E-state index contributed by atoms with van der Waals surface area (Å²) in [7, 11) is 0. The van der Waals surface area contributed by atoms with Crippen molar-refractivity contribution in [1.82, 2.24) is 5.32 Å². The molecule has 138 valence electrons. The molecule has 1 unspecified atom stereocenters. The monoisotopic (exact) mass is 467 g/mol. The van der Waals surface area contributed by atoms with Crippen molar-refractivity contribution in [2.45, 2.75) is 30.7 Å². The molecule has 4 rings (SSSR count). The first-order valence-electron chi connectivity index (χ1n) is 8.71. The fourth-order valence-electron chi connectivity index (χ4n) is 3.45. The van der Waals surface area contributed by atoms with Gasteiger partial charge in [-0.25, -0.2) is 4.39 Å². The maximum Gasteiger partial charge on any atom is 0.189 e. The maximum absolute atomic E-state index is 13.1. The van der Waals surface area contributed by atoms with Gasteiger partial charge >= 0.3 is 0 Å². The Bertz CT molecular complexity index is 790. The van der Waals surface area contributed by atoms with Gasteiger partial charge < -0.3 is 15.8 Å². The molecule has 3 N–H and O–H groups in total. The SMILES string of the molecule is I.NC(=NCC1(c2ccc(F)cc2)CC1)NC1CCOc2ccccc21. The predicted molar refractivity (Wildman–Crippen MR) is 112 cm³/mol. The van der Waals surface area contributed by atoms with Crippen molar-refractivity contribution in [2.75, 3.05) is 13.2 Å². The lowest BCUT2D eigenvalue weighted by Gasteiger charge is -2.27. The summed E-state index contributed by atoms with van der Waals surface area (Å²) in [6.45, 7) is 1.30. The second-order valence-corrected chi connectivity index (χ2v) is 6.86. The average molecular weight is 467 g/mol. The molecule has 1 aliphatic carbocycles. The van der Waals surface area contributed by atoms with Crippen LogP contribution >= 0.6 is 24.0 Å². The van der Waals surface area contributed by atoms with E-state index in [1.165, 1.54) is 12.1 Å². The molecule has 6 heteroatoms. The molecule has 1 aliphatic heterocycles. The molecule has 2 aromatic rings. The molecule has 0 saturated heterocycles. The number of guanidine groups is 1. The first-order chi connectivity index (χ1) is 12.2. The lowest BCUT2D eigenvalue weighted by molar-refractivity contribution is 0.262. The van der Waals surface area contributed by atoms with E-state index in [0.717, 1.165) is 36.1 Å². The number of rotatable bonds is 4. The molecule has 1 saturated carbocycles. The van der Waals surface area contributed by atoms with Crippen molar-refractivity contribution < 1.29 is 9.13 Å². The van der Waals surface area contributed by atoms with Gasteiger partial charge in [0.05, 0.1) is 19.2 Å². The number of aliphatic imine (C=N–C) groups is 1. The number of hydrogen-bond donors (Lipinski definition) is 2. The van der Waals surface area contributed by atoms with Gasteiger partial charge in [-0.15, -0.1) is 24.0 Å². The van der Waals surface area contributed by atoms with Gasteiger partial charge in [0.2, 0.25) is 0 Å². The quantitative estimate of drug-likeness (QED) is 0.408. The van der Waals surface area contributed by atoms with Crippen LogP contribution in [0.3, 0.4) is 0 Å². The number of nitrogens with two attached hydrogens (primary N) is 1. The third-order valence-electron chi connectivity index (χ3n) is 5.14. The molecule has 2 aromatic carbocycles. The molecule has 1 heterocycles. The van der Waals surface area contributed by atoms with E-state index in [1.54, 1.807) is 0 Å². The van der Waals surface area contributed by atoms with Crippen LogP contribution in [0.25, 0.3) is 0 Å². The Labute approximate surface area is 170 Å². The fourth-order valence-corrected chi connectivity index (χ4v) is 3.45. The second kappa shape index (κ2) is 7.82. The molecule has 0 bridgehead atoms. The highest BCUT2D eigenvalue weighted by atomic mass is 127. The van der Waals surface area contributed by atoms with Crippen LogP contribution in [0.2, 0.25) is 0 Å². The van der Waals surface area contributed by atoms with Gasteiger partial charge in [-0.1, -0.05) is 30.3 Å². The van der Waals surface area contributed by atoms with Crippen LogP contribution in [0, 0.1) is 5.82 Å². The predicted octanol–water partition coefficient (Wildman–Crippen LogP) is 3.90. The molecule has 1 fully saturated rings. The lowest BCUT2D eigenvalue weighted by atomic mass is 9.96. The van der Waals surface area contributed by atoms with Gasteiger partial charge in [0.25, 0.3) is 0 Å². The largest absolute Gasteiger partial charge is 0.493 e. The molecule has 0 spiro atoms. The Hall–Kier alpha value is -1.83. The van der Waals surface area contributed by atoms with E-state index in [-0.39, 0.29) is 41.3 Å². The minimum absolute atomic E-state index is 0. The molecule has 4 nitrogen and oxygen atoms in total. The topological polar surface area (TPSA) is 59.6 Å². The van der Waals surface area contributed by atoms with Crippen LogP contribution in [0.1, 0.15) is 36.4 Å². The Morgan fingerprint density at radius 3 is 2.65 bits per heavy atom.